The lowest BCUT2D eigenvalue weighted by Gasteiger charge is -2.31. The van der Waals surface area contributed by atoms with E-state index in [0.717, 1.165) is 29.9 Å². The van der Waals surface area contributed by atoms with Gasteiger partial charge in [-0.2, -0.15) is 0 Å². The lowest BCUT2D eigenvalue weighted by molar-refractivity contribution is -0.138. The third kappa shape index (κ3) is 8.10. The third-order valence-corrected chi connectivity index (χ3v) is 8.03. The van der Waals surface area contributed by atoms with Gasteiger partial charge in [-0.05, 0) is 86.7 Å². The van der Waals surface area contributed by atoms with Gasteiger partial charge in [0.05, 0.1) is 18.2 Å². The minimum atomic E-state index is -0.463. The normalized spacial score (nSPS) is 17.7. The predicted octanol–water partition coefficient (Wildman–Crippen LogP) is 8.26. The number of hydrogen-bond donors (Lipinski definition) is 0. The van der Waals surface area contributed by atoms with E-state index in [1.807, 2.05) is 63.6 Å². The fourth-order valence-corrected chi connectivity index (χ4v) is 5.41. The van der Waals surface area contributed by atoms with Crippen LogP contribution in [-0.2, 0) is 20.9 Å². The number of benzene rings is 1. The molecule has 1 atom stereocenters. The molecule has 1 unspecified atom stereocenters. The highest BCUT2D eigenvalue weighted by Gasteiger charge is 2.30. The summed E-state index contributed by atoms with van der Waals surface area (Å²) in [5.41, 5.74) is 4.89. The number of carbonyl (C=O) groups is 2. The van der Waals surface area contributed by atoms with Gasteiger partial charge < -0.3 is 19.1 Å². The number of amides is 1. The molecule has 0 saturated carbocycles. The summed E-state index contributed by atoms with van der Waals surface area (Å²) in [6.07, 6.45) is 11.9. The average molecular weight is 627 g/mol. The number of rotatable bonds is 9. The van der Waals surface area contributed by atoms with Crippen LogP contribution in [0.15, 0.2) is 102 Å². The van der Waals surface area contributed by atoms with E-state index in [1.54, 1.807) is 37.3 Å². The van der Waals surface area contributed by atoms with Crippen LogP contribution in [0.1, 0.15) is 77.2 Å². The number of nitrogens with zero attached hydrogens (tertiary/aromatic N) is 4. The first-order valence-corrected chi connectivity index (χ1v) is 16.0. The van der Waals surface area contributed by atoms with Crippen molar-refractivity contribution in [2.24, 2.45) is 4.99 Å². The van der Waals surface area contributed by atoms with Crippen molar-refractivity contribution in [3.8, 4) is 0 Å². The molecule has 0 saturated heterocycles. The van der Waals surface area contributed by atoms with Gasteiger partial charge in [-0.25, -0.2) is 14.2 Å². The molecule has 244 valence electrons. The largest absolute Gasteiger partial charge is 0.462 e. The summed E-state index contributed by atoms with van der Waals surface area (Å²) >= 11 is 0. The molecule has 2 aliphatic heterocycles. The first kappa shape index (κ1) is 35.8. The van der Waals surface area contributed by atoms with Crippen molar-refractivity contribution in [1.29, 1.82) is 0 Å². The maximum Gasteiger partial charge on any atom is 0.338 e. The quantitative estimate of drug-likeness (QED) is 0.160. The van der Waals surface area contributed by atoms with Gasteiger partial charge in [0, 0.05) is 43.3 Å². The van der Waals surface area contributed by atoms with E-state index in [-0.39, 0.29) is 18.6 Å². The van der Waals surface area contributed by atoms with E-state index < -0.39 is 11.8 Å². The molecular formula is C38H47FN4O3. The van der Waals surface area contributed by atoms with Crippen LogP contribution in [-0.4, -0.2) is 52.2 Å². The van der Waals surface area contributed by atoms with Crippen LogP contribution in [0.4, 0.5) is 4.39 Å². The van der Waals surface area contributed by atoms with Crippen LogP contribution in [0.25, 0.3) is 11.1 Å². The number of carbonyl (C=O) groups excluding carboxylic acids is 2. The van der Waals surface area contributed by atoms with Crippen molar-refractivity contribution < 1.29 is 18.7 Å². The molecule has 46 heavy (non-hydrogen) atoms. The van der Waals surface area contributed by atoms with Crippen LogP contribution in [0.3, 0.4) is 0 Å². The number of fused-ring (bicyclic) bond motifs is 1. The van der Waals surface area contributed by atoms with Gasteiger partial charge in [-0.3, -0.25) is 4.79 Å². The number of aliphatic imine (C=N–C) groups is 1. The van der Waals surface area contributed by atoms with E-state index in [2.05, 4.69) is 30.0 Å². The highest BCUT2D eigenvalue weighted by Crippen LogP contribution is 2.30. The molecule has 0 fully saturated rings. The van der Waals surface area contributed by atoms with Gasteiger partial charge in [0.25, 0.3) is 5.91 Å². The Bertz CT molecular complexity index is 1620. The SMILES string of the molecule is C=C/C(=C\C=C(/C)c1ccc(C(=C)/C=C2/N=C(C(=O)N3CCCn4cccc4C3C)C=C(CC)N2C)c(F)c1)C(=O)OCC.CC. The highest BCUT2D eigenvalue weighted by molar-refractivity contribution is 6.43. The van der Waals surface area contributed by atoms with Gasteiger partial charge in [0.15, 0.2) is 0 Å². The van der Waals surface area contributed by atoms with Crippen LogP contribution in [0, 0.1) is 5.82 Å². The van der Waals surface area contributed by atoms with E-state index in [4.69, 9.17) is 9.73 Å². The fourth-order valence-electron chi connectivity index (χ4n) is 5.41. The van der Waals surface area contributed by atoms with Gasteiger partial charge in [0.2, 0.25) is 0 Å². The van der Waals surface area contributed by atoms with Crippen LogP contribution in [0.5, 0.6) is 0 Å². The van der Waals surface area contributed by atoms with E-state index in [1.165, 1.54) is 12.1 Å². The topological polar surface area (TPSA) is 67.1 Å². The van der Waals surface area contributed by atoms with E-state index in [9.17, 15) is 9.59 Å². The molecule has 8 heteroatoms. The first-order valence-electron chi connectivity index (χ1n) is 16.0. The summed E-state index contributed by atoms with van der Waals surface area (Å²) in [5.74, 6) is -0.516. The lowest BCUT2D eigenvalue weighted by atomic mass is 10.00. The maximum atomic E-state index is 15.4. The van der Waals surface area contributed by atoms with Crippen molar-refractivity contribution in [2.45, 2.75) is 67.0 Å². The van der Waals surface area contributed by atoms with E-state index >= 15 is 4.39 Å². The van der Waals surface area contributed by atoms with Crippen molar-refractivity contribution in [3.05, 3.63) is 120 Å². The Morgan fingerprint density at radius 2 is 1.89 bits per heavy atom. The number of ether oxygens (including phenoxy) is 1. The molecule has 0 bridgehead atoms. The highest BCUT2D eigenvalue weighted by atomic mass is 19.1. The Hall–Kier alpha value is -4.72. The zero-order valence-electron chi connectivity index (χ0n) is 28.3. The van der Waals surface area contributed by atoms with E-state index in [0.29, 0.717) is 46.8 Å². The molecule has 4 rings (SSSR count). The van der Waals surface area contributed by atoms with Crippen LogP contribution < -0.4 is 0 Å². The second kappa shape index (κ2) is 16.5. The number of hydrogen-bond acceptors (Lipinski definition) is 5. The zero-order chi connectivity index (χ0) is 34.0. The minimum Gasteiger partial charge on any atom is -0.462 e. The second-order valence-corrected chi connectivity index (χ2v) is 10.8. The Morgan fingerprint density at radius 1 is 1.15 bits per heavy atom. The standard InChI is InChI=1S/C36H41FN4O3.C2H6/c1-8-27(36(43)44-10-3)15-14-24(4)28-16-17-30(31(37)22-28)25(5)21-34-38-32(23-29(9-2)39(34)7)35(42)41-20-12-19-40-18-11-13-33(40)26(41)6;1-2/h8,11,13-18,21-23,26H,1,5,9-10,12,19-20H2,2-4,6-7H3;1-2H3/b24-14+,27-15+,34-21-;. The van der Waals surface area contributed by atoms with Gasteiger partial charge in [-0.1, -0.05) is 58.2 Å². The van der Waals surface area contributed by atoms with Crippen molar-refractivity contribution >= 4 is 28.7 Å². The maximum absolute atomic E-state index is 15.4. The summed E-state index contributed by atoms with van der Waals surface area (Å²) in [6.45, 7) is 21.2. The Labute approximate surface area is 273 Å². The monoisotopic (exact) mass is 626 g/mol. The van der Waals surface area contributed by atoms with Crippen molar-refractivity contribution in [2.75, 3.05) is 20.2 Å². The summed E-state index contributed by atoms with van der Waals surface area (Å²) in [4.78, 5) is 34.4. The molecule has 3 heterocycles. The Kier molecular flexibility index (Phi) is 12.9. The Balaban J connectivity index is 0.00000282. The van der Waals surface area contributed by atoms with Crippen molar-refractivity contribution in [1.82, 2.24) is 14.4 Å². The van der Waals surface area contributed by atoms with Gasteiger partial charge in [0.1, 0.15) is 17.3 Å². The molecule has 0 aliphatic carbocycles. The van der Waals surface area contributed by atoms with Gasteiger partial charge in [-0.15, -0.1) is 0 Å². The molecule has 1 aromatic carbocycles. The number of allylic oxidation sites excluding steroid dienone is 6. The molecule has 1 amide bonds. The zero-order valence-corrected chi connectivity index (χ0v) is 28.3. The van der Waals surface area contributed by atoms with Crippen LogP contribution in [0.2, 0.25) is 0 Å². The molecule has 7 nitrogen and oxygen atoms in total. The van der Waals surface area contributed by atoms with Gasteiger partial charge >= 0.3 is 5.97 Å². The molecule has 0 spiro atoms. The molecule has 2 aromatic rings. The number of esters is 1. The molecule has 2 aliphatic rings. The summed E-state index contributed by atoms with van der Waals surface area (Å²) in [5, 5.41) is 0. The first-order chi connectivity index (χ1) is 22.1. The van der Waals surface area contributed by atoms with Crippen LogP contribution >= 0.6 is 0 Å². The molecule has 0 N–H and O–H groups in total. The fraction of sp³-hybridized carbons (Fsp3) is 0.342. The molecule has 1 aromatic heterocycles. The summed E-state index contributed by atoms with van der Waals surface area (Å²) in [7, 11) is 1.88. The number of aryl methyl sites for hydroxylation is 1. The smallest absolute Gasteiger partial charge is 0.338 e. The lowest BCUT2D eigenvalue weighted by Crippen LogP contribution is -2.39. The third-order valence-electron chi connectivity index (χ3n) is 8.03. The number of aromatic nitrogens is 1. The Morgan fingerprint density at radius 3 is 2.54 bits per heavy atom. The predicted molar refractivity (Wildman–Crippen MR) is 186 cm³/mol. The average Bonchev–Trinajstić information content (AvgIpc) is 3.47. The summed E-state index contributed by atoms with van der Waals surface area (Å²) in [6, 6.07) is 8.90. The molecule has 0 radical (unpaired) electrons. The molecular weight excluding hydrogens is 579 g/mol. The second-order valence-electron chi connectivity index (χ2n) is 10.8. The number of halogens is 1. The van der Waals surface area contributed by atoms with Crippen molar-refractivity contribution in [3.63, 3.8) is 0 Å². The summed E-state index contributed by atoms with van der Waals surface area (Å²) < 4.78 is 22.7. The minimum absolute atomic E-state index is 0.0858.